The van der Waals surface area contributed by atoms with Crippen molar-refractivity contribution in [3.8, 4) is 5.75 Å². The number of benzene rings is 2. The van der Waals surface area contributed by atoms with Gasteiger partial charge < -0.3 is 4.74 Å². The molecule has 2 aromatic carbocycles. The van der Waals surface area contributed by atoms with E-state index in [2.05, 4.69) is 11.6 Å². The first kappa shape index (κ1) is 19.6. The largest absolute Gasteiger partial charge is 0.497 e. The predicted molar refractivity (Wildman–Crippen MR) is 110 cm³/mol. The van der Waals surface area contributed by atoms with Gasteiger partial charge in [0.15, 0.2) is 5.17 Å². The quantitative estimate of drug-likeness (QED) is 0.548. The van der Waals surface area contributed by atoms with E-state index < -0.39 is 10.5 Å². The Morgan fingerprint density at radius 1 is 1.25 bits per heavy atom. The number of amides is 1. The van der Waals surface area contributed by atoms with Gasteiger partial charge in [0.25, 0.3) is 11.6 Å². The Bertz CT molecular complexity index is 983. The zero-order valence-electron chi connectivity index (χ0n) is 15.7. The van der Waals surface area contributed by atoms with Crippen LogP contribution in [0.1, 0.15) is 24.2 Å². The van der Waals surface area contributed by atoms with Gasteiger partial charge >= 0.3 is 0 Å². The maximum absolute atomic E-state index is 13.2. The third kappa shape index (κ3) is 3.63. The van der Waals surface area contributed by atoms with Crippen LogP contribution in [0, 0.1) is 10.1 Å². The normalized spacial score (nSPS) is 17.0. The summed E-state index contributed by atoms with van der Waals surface area (Å²) < 4.78 is 5.23. The maximum Gasteiger partial charge on any atom is 0.269 e. The third-order valence-electron chi connectivity index (χ3n) is 4.45. The summed E-state index contributed by atoms with van der Waals surface area (Å²) in [6.45, 7) is 7.85. The molecule has 1 amide bonds. The average molecular weight is 397 g/mol. The minimum atomic E-state index is -0.665. The lowest BCUT2D eigenvalue weighted by Crippen LogP contribution is -2.45. The highest BCUT2D eigenvalue weighted by atomic mass is 32.2. The molecule has 1 aliphatic heterocycles. The molecule has 3 rings (SSSR count). The van der Waals surface area contributed by atoms with E-state index in [0.29, 0.717) is 22.2 Å². The Hall–Kier alpha value is -3.13. The van der Waals surface area contributed by atoms with E-state index in [1.807, 2.05) is 32.0 Å². The fraction of sp³-hybridized carbons (Fsp3) is 0.200. The summed E-state index contributed by atoms with van der Waals surface area (Å²) in [6.07, 6.45) is 0. The Kier molecular flexibility index (Phi) is 5.24. The second-order valence-corrected chi connectivity index (χ2v) is 7.69. The first-order valence-electron chi connectivity index (χ1n) is 8.43. The van der Waals surface area contributed by atoms with Crippen molar-refractivity contribution in [2.45, 2.75) is 19.4 Å². The number of rotatable bonds is 4. The van der Waals surface area contributed by atoms with Crippen LogP contribution in [0.15, 0.2) is 65.0 Å². The van der Waals surface area contributed by atoms with Gasteiger partial charge in [-0.1, -0.05) is 24.4 Å². The van der Waals surface area contributed by atoms with E-state index in [0.717, 1.165) is 4.91 Å². The lowest BCUT2D eigenvalue weighted by molar-refractivity contribution is -0.384. The van der Waals surface area contributed by atoms with Crippen LogP contribution in [-0.2, 0) is 0 Å². The fourth-order valence-corrected chi connectivity index (χ4v) is 3.82. The molecule has 0 N–H and O–H groups in total. The second kappa shape index (κ2) is 7.47. The Balaban J connectivity index is 2.00. The minimum Gasteiger partial charge on any atom is -0.497 e. The summed E-state index contributed by atoms with van der Waals surface area (Å²) >= 11 is 1.33. The van der Waals surface area contributed by atoms with Crippen LogP contribution in [0.4, 0.5) is 11.4 Å². The number of carbonyl (C=O) groups excluding carboxylic acids is 1. The molecule has 0 atom stereocenters. The molecule has 0 radical (unpaired) electrons. The molecule has 2 aromatic rings. The standard InChI is InChI=1S/C20H19N3O4S/c1-13-20(2,3)22(18(24)14-8-10-16(11-9-14)23(25)26)19(28-13)21-15-6-5-7-17(12-15)27-4/h5-12H,1H2,2-4H3. The molecular formula is C20H19N3O4S. The van der Waals surface area contributed by atoms with Crippen molar-refractivity contribution in [3.05, 3.63) is 75.7 Å². The maximum atomic E-state index is 13.2. The molecule has 7 nitrogen and oxygen atoms in total. The highest BCUT2D eigenvalue weighted by molar-refractivity contribution is 8.17. The number of methoxy groups -OCH3 is 1. The van der Waals surface area contributed by atoms with E-state index in [4.69, 9.17) is 4.74 Å². The van der Waals surface area contributed by atoms with Crippen LogP contribution in [0.25, 0.3) is 0 Å². The second-order valence-electron chi connectivity index (χ2n) is 6.62. The Morgan fingerprint density at radius 2 is 1.93 bits per heavy atom. The molecule has 0 bridgehead atoms. The summed E-state index contributed by atoms with van der Waals surface area (Å²) in [6, 6.07) is 12.8. The molecule has 0 spiro atoms. The zero-order valence-corrected chi connectivity index (χ0v) is 16.5. The predicted octanol–water partition coefficient (Wildman–Crippen LogP) is 4.77. The number of nitro benzene ring substituents is 1. The molecule has 144 valence electrons. The van der Waals surface area contributed by atoms with Crippen molar-refractivity contribution >= 4 is 34.2 Å². The topological polar surface area (TPSA) is 85.0 Å². The van der Waals surface area contributed by atoms with Gasteiger partial charge in [-0.2, -0.15) is 0 Å². The van der Waals surface area contributed by atoms with Crippen LogP contribution >= 0.6 is 11.8 Å². The van der Waals surface area contributed by atoms with Crippen LogP contribution in [0.5, 0.6) is 5.75 Å². The van der Waals surface area contributed by atoms with Gasteiger partial charge in [-0.25, -0.2) is 4.99 Å². The highest BCUT2D eigenvalue weighted by Gasteiger charge is 2.44. The summed E-state index contributed by atoms with van der Waals surface area (Å²) in [5.74, 6) is 0.365. The summed E-state index contributed by atoms with van der Waals surface area (Å²) in [5.41, 5.74) is 0.253. The van der Waals surface area contributed by atoms with Crippen LogP contribution < -0.4 is 4.74 Å². The van der Waals surface area contributed by atoms with E-state index in [1.54, 1.807) is 18.1 Å². The van der Waals surface area contributed by atoms with Gasteiger partial charge in [0.05, 0.1) is 23.3 Å². The van der Waals surface area contributed by atoms with Crippen molar-refractivity contribution in [1.29, 1.82) is 0 Å². The summed E-state index contributed by atoms with van der Waals surface area (Å²) in [4.78, 5) is 30.5. The first-order chi connectivity index (χ1) is 13.2. The Labute approximate surface area is 166 Å². The number of carbonyl (C=O) groups is 1. The first-order valence-corrected chi connectivity index (χ1v) is 9.24. The molecule has 1 fully saturated rings. The van der Waals surface area contributed by atoms with Crippen LogP contribution in [-0.4, -0.2) is 33.5 Å². The van der Waals surface area contributed by atoms with Gasteiger partial charge in [-0.3, -0.25) is 19.8 Å². The number of aliphatic imine (C=N–C) groups is 1. The number of thioether (sulfide) groups is 1. The molecular weight excluding hydrogens is 378 g/mol. The van der Waals surface area contributed by atoms with E-state index >= 15 is 0 Å². The van der Waals surface area contributed by atoms with Crippen molar-refractivity contribution in [1.82, 2.24) is 4.90 Å². The van der Waals surface area contributed by atoms with Crippen LogP contribution in [0.2, 0.25) is 0 Å². The molecule has 1 heterocycles. The minimum absolute atomic E-state index is 0.0683. The molecule has 1 saturated heterocycles. The molecule has 0 unspecified atom stereocenters. The van der Waals surface area contributed by atoms with E-state index in [1.165, 1.54) is 36.0 Å². The van der Waals surface area contributed by atoms with Gasteiger partial charge in [0.2, 0.25) is 0 Å². The molecule has 0 saturated carbocycles. The van der Waals surface area contributed by atoms with Crippen molar-refractivity contribution in [3.63, 3.8) is 0 Å². The van der Waals surface area contributed by atoms with E-state index in [-0.39, 0.29) is 11.6 Å². The SMILES string of the molecule is C=C1SC(=Nc2cccc(OC)c2)N(C(=O)c2ccc([N+](=O)[O-])cc2)C1(C)C. The Morgan fingerprint density at radius 3 is 2.54 bits per heavy atom. The number of nitrogens with zero attached hydrogens (tertiary/aromatic N) is 3. The number of hydrogen-bond acceptors (Lipinski definition) is 6. The van der Waals surface area contributed by atoms with Crippen molar-refractivity contribution in [2.24, 2.45) is 4.99 Å². The van der Waals surface area contributed by atoms with E-state index in [9.17, 15) is 14.9 Å². The highest BCUT2D eigenvalue weighted by Crippen LogP contribution is 2.44. The van der Waals surface area contributed by atoms with Crippen molar-refractivity contribution in [2.75, 3.05) is 7.11 Å². The van der Waals surface area contributed by atoms with Gasteiger partial charge in [-0.05, 0) is 38.1 Å². The third-order valence-corrected chi connectivity index (χ3v) is 5.66. The fourth-order valence-electron chi connectivity index (χ4n) is 2.70. The summed E-state index contributed by atoms with van der Waals surface area (Å²) in [5, 5.41) is 11.4. The van der Waals surface area contributed by atoms with Crippen LogP contribution in [0.3, 0.4) is 0 Å². The number of hydrogen-bond donors (Lipinski definition) is 0. The monoisotopic (exact) mass is 397 g/mol. The molecule has 0 aliphatic carbocycles. The summed E-state index contributed by atoms with van der Waals surface area (Å²) in [7, 11) is 1.58. The smallest absolute Gasteiger partial charge is 0.269 e. The molecule has 8 heteroatoms. The van der Waals surface area contributed by atoms with Gasteiger partial charge in [0.1, 0.15) is 5.75 Å². The number of ether oxygens (including phenoxy) is 1. The number of non-ortho nitro benzene ring substituents is 1. The molecule has 28 heavy (non-hydrogen) atoms. The van der Waals surface area contributed by atoms with Gasteiger partial charge in [-0.15, -0.1) is 0 Å². The lowest BCUT2D eigenvalue weighted by atomic mass is 10.0. The lowest BCUT2D eigenvalue weighted by Gasteiger charge is -2.31. The number of nitro groups is 1. The zero-order chi connectivity index (χ0) is 20.5. The molecule has 0 aromatic heterocycles. The van der Waals surface area contributed by atoms with Gasteiger partial charge in [0, 0.05) is 28.7 Å². The van der Waals surface area contributed by atoms with Crippen molar-refractivity contribution < 1.29 is 14.5 Å². The molecule has 1 aliphatic rings. The number of amidine groups is 1. The average Bonchev–Trinajstić information content (AvgIpc) is 2.89.